The average Bonchev–Trinajstić information content (AvgIpc) is 3.23. The molecule has 0 aromatic rings. The Morgan fingerprint density at radius 3 is 1.07 bits per heavy atom. The Kier molecular flexibility index (Phi) is 32.5. The summed E-state index contributed by atoms with van der Waals surface area (Å²) in [7, 11) is 0. The Balaban J connectivity index is 1.78. The van der Waals surface area contributed by atoms with Crippen molar-refractivity contribution in [3.63, 3.8) is 0 Å². The number of hydrogen-bond donors (Lipinski definition) is 7. The second-order valence-corrected chi connectivity index (χ2v) is 17.7. The molecule has 0 radical (unpaired) electrons. The molecule has 2 aliphatic heterocycles. The Bertz CT molecular complexity index is 876. The SMILES string of the molecule is CCCCCCCCCCCCCCCCCC(CCCCCCCCCCCCCCCCC)O[C@@H]1O[C@H](CO)[C@H](O[C@H]2O[C@H](CO)[C@@H](O)[C@H](O)[C@H]2O)[C@H](O)[C@H]1O. The number of hydrogen-bond acceptors (Lipinski definition) is 11. The van der Waals surface area contributed by atoms with Gasteiger partial charge in [0.1, 0.15) is 48.8 Å². The van der Waals surface area contributed by atoms with Gasteiger partial charge in [0.2, 0.25) is 0 Å². The molecule has 11 nitrogen and oxygen atoms in total. The number of ether oxygens (including phenoxy) is 4. The fourth-order valence-electron chi connectivity index (χ4n) is 8.62. The molecule has 0 spiro atoms. The first-order valence-electron chi connectivity index (χ1n) is 24.5. The largest absolute Gasteiger partial charge is 0.394 e. The van der Waals surface area contributed by atoms with Crippen molar-refractivity contribution in [3.05, 3.63) is 0 Å². The molecule has 346 valence electrons. The summed E-state index contributed by atoms with van der Waals surface area (Å²) >= 11 is 0. The molecule has 0 unspecified atom stereocenters. The van der Waals surface area contributed by atoms with Gasteiger partial charge in [-0.2, -0.15) is 0 Å². The zero-order chi connectivity index (χ0) is 42.2. The van der Waals surface area contributed by atoms with E-state index in [1.54, 1.807) is 0 Å². The summed E-state index contributed by atoms with van der Waals surface area (Å²) < 4.78 is 23.6. The average molecular weight is 833 g/mol. The number of rotatable bonds is 38. The quantitative estimate of drug-likeness (QED) is 0.0297. The second-order valence-electron chi connectivity index (χ2n) is 17.7. The second kappa shape index (κ2) is 35.1. The van der Waals surface area contributed by atoms with Crippen molar-refractivity contribution in [2.45, 2.75) is 287 Å². The van der Waals surface area contributed by atoms with E-state index in [0.29, 0.717) is 0 Å². The molecule has 0 aromatic carbocycles. The molecule has 7 N–H and O–H groups in total. The van der Waals surface area contributed by atoms with Gasteiger partial charge in [0.15, 0.2) is 12.6 Å². The molecule has 10 atom stereocenters. The third kappa shape index (κ3) is 22.6. The van der Waals surface area contributed by atoms with Gasteiger partial charge in [-0.25, -0.2) is 0 Å². The predicted octanol–water partition coefficient (Wildman–Crippen LogP) is 8.52. The molecule has 58 heavy (non-hydrogen) atoms. The lowest BCUT2D eigenvalue weighted by atomic mass is 9.96. The van der Waals surface area contributed by atoms with Gasteiger partial charge in [0, 0.05) is 0 Å². The molecule has 2 heterocycles. The Morgan fingerprint density at radius 2 is 0.707 bits per heavy atom. The molecular weight excluding hydrogens is 741 g/mol. The highest BCUT2D eigenvalue weighted by atomic mass is 16.7. The highest BCUT2D eigenvalue weighted by Gasteiger charge is 2.51. The van der Waals surface area contributed by atoms with Gasteiger partial charge in [-0.15, -0.1) is 0 Å². The molecule has 0 bridgehead atoms. The molecule has 0 aliphatic carbocycles. The van der Waals surface area contributed by atoms with Crippen LogP contribution in [0, 0.1) is 0 Å². The Hall–Kier alpha value is -0.440. The third-order valence-electron chi connectivity index (χ3n) is 12.5. The van der Waals surface area contributed by atoms with Crippen LogP contribution in [0.1, 0.15) is 219 Å². The summed E-state index contributed by atoms with van der Waals surface area (Å²) in [6.07, 6.45) is 25.8. The maximum Gasteiger partial charge on any atom is 0.187 e. The fraction of sp³-hybridized carbons (Fsp3) is 1.00. The number of unbranched alkanes of at least 4 members (excludes halogenated alkanes) is 28. The summed E-state index contributed by atoms with van der Waals surface area (Å²) in [4.78, 5) is 0. The van der Waals surface area contributed by atoms with Crippen LogP contribution in [0.3, 0.4) is 0 Å². The fourth-order valence-corrected chi connectivity index (χ4v) is 8.62. The van der Waals surface area contributed by atoms with Crippen LogP contribution < -0.4 is 0 Å². The van der Waals surface area contributed by atoms with E-state index in [-0.39, 0.29) is 6.10 Å². The van der Waals surface area contributed by atoms with Crippen LogP contribution >= 0.6 is 0 Å². The zero-order valence-corrected chi connectivity index (χ0v) is 37.2. The van der Waals surface area contributed by atoms with Gasteiger partial charge in [-0.3, -0.25) is 0 Å². The highest BCUT2D eigenvalue weighted by molar-refractivity contribution is 4.94. The van der Waals surface area contributed by atoms with Gasteiger partial charge in [-0.1, -0.05) is 206 Å². The Labute approximate surface area is 354 Å². The zero-order valence-electron chi connectivity index (χ0n) is 37.2. The Morgan fingerprint density at radius 1 is 0.379 bits per heavy atom. The van der Waals surface area contributed by atoms with Crippen molar-refractivity contribution in [2.75, 3.05) is 13.2 Å². The maximum absolute atomic E-state index is 11.2. The van der Waals surface area contributed by atoms with E-state index >= 15 is 0 Å². The molecule has 2 aliphatic rings. The number of aliphatic hydroxyl groups is 7. The van der Waals surface area contributed by atoms with Crippen LogP contribution in [0.15, 0.2) is 0 Å². The smallest absolute Gasteiger partial charge is 0.187 e. The van der Waals surface area contributed by atoms with E-state index in [1.165, 1.54) is 167 Å². The summed E-state index contributed by atoms with van der Waals surface area (Å²) in [5, 5.41) is 73.0. The first-order valence-corrected chi connectivity index (χ1v) is 24.5. The van der Waals surface area contributed by atoms with Crippen LogP contribution in [0.2, 0.25) is 0 Å². The summed E-state index contributed by atoms with van der Waals surface area (Å²) in [5.74, 6) is 0. The van der Waals surface area contributed by atoms with Crippen molar-refractivity contribution in [1.29, 1.82) is 0 Å². The van der Waals surface area contributed by atoms with E-state index in [4.69, 9.17) is 18.9 Å². The minimum absolute atomic E-state index is 0.182. The van der Waals surface area contributed by atoms with Crippen LogP contribution in [0.5, 0.6) is 0 Å². The van der Waals surface area contributed by atoms with Gasteiger partial charge >= 0.3 is 0 Å². The predicted molar refractivity (Wildman–Crippen MR) is 230 cm³/mol. The van der Waals surface area contributed by atoms with Crippen LogP contribution in [0.25, 0.3) is 0 Å². The molecule has 2 rings (SSSR count). The first-order chi connectivity index (χ1) is 28.3. The third-order valence-corrected chi connectivity index (χ3v) is 12.5. The summed E-state index contributed by atoms with van der Waals surface area (Å²) in [5.41, 5.74) is 0. The lowest BCUT2D eigenvalue weighted by molar-refractivity contribution is -0.363. The molecule has 2 fully saturated rings. The molecule has 2 saturated heterocycles. The normalized spacial score (nSPS) is 27.8. The molecule has 0 saturated carbocycles. The van der Waals surface area contributed by atoms with Crippen molar-refractivity contribution in [1.82, 2.24) is 0 Å². The lowest BCUT2D eigenvalue weighted by Crippen LogP contribution is -2.64. The van der Waals surface area contributed by atoms with Crippen LogP contribution in [0.4, 0.5) is 0 Å². The van der Waals surface area contributed by atoms with Gasteiger partial charge in [-0.05, 0) is 12.8 Å². The van der Waals surface area contributed by atoms with E-state index in [9.17, 15) is 35.7 Å². The standard InChI is InChI=1S/C47H92O11/c1-3-5-7-9-11-13-15-17-19-21-23-25-27-29-31-33-37(34-32-30-28-26-24-22-20-18-16-14-12-10-8-6-4-2)55-46-44(54)42(52)45(39(36-49)57-46)58-47-43(53)41(51)40(50)38(35-48)56-47/h37-54H,3-36H2,1-2H3/t38-,39-,40-,41+,42-,43-,44-,45+,46-,47-/m1/s1. The topological polar surface area (TPSA) is 179 Å². The molecular formula is C47H92O11. The van der Waals surface area contributed by atoms with Crippen molar-refractivity contribution in [3.8, 4) is 0 Å². The molecule has 11 heteroatoms. The van der Waals surface area contributed by atoms with E-state index in [2.05, 4.69) is 13.8 Å². The van der Waals surface area contributed by atoms with Crippen molar-refractivity contribution >= 4 is 0 Å². The monoisotopic (exact) mass is 833 g/mol. The lowest BCUT2D eigenvalue weighted by Gasteiger charge is -2.46. The minimum Gasteiger partial charge on any atom is -0.394 e. The molecule has 0 aromatic heterocycles. The van der Waals surface area contributed by atoms with E-state index in [1.807, 2.05) is 0 Å². The van der Waals surface area contributed by atoms with E-state index in [0.717, 1.165) is 38.5 Å². The van der Waals surface area contributed by atoms with Crippen LogP contribution in [-0.4, -0.2) is 116 Å². The summed E-state index contributed by atoms with van der Waals surface area (Å²) in [6, 6.07) is 0. The molecule has 0 amide bonds. The number of aliphatic hydroxyl groups excluding tert-OH is 7. The highest BCUT2D eigenvalue weighted by Crippen LogP contribution is 2.31. The van der Waals surface area contributed by atoms with Gasteiger partial charge < -0.3 is 54.7 Å². The first kappa shape index (κ1) is 53.7. The van der Waals surface area contributed by atoms with E-state index < -0.39 is 74.6 Å². The minimum atomic E-state index is -1.70. The van der Waals surface area contributed by atoms with Crippen LogP contribution in [-0.2, 0) is 18.9 Å². The van der Waals surface area contributed by atoms with Gasteiger partial charge in [0.25, 0.3) is 0 Å². The van der Waals surface area contributed by atoms with Crippen molar-refractivity contribution < 1.29 is 54.7 Å². The van der Waals surface area contributed by atoms with Gasteiger partial charge in [0.05, 0.1) is 19.3 Å². The van der Waals surface area contributed by atoms with Crippen molar-refractivity contribution in [2.24, 2.45) is 0 Å². The maximum atomic E-state index is 11.2. The summed E-state index contributed by atoms with van der Waals surface area (Å²) in [6.45, 7) is 3.32.